The first-order valence-corrected chi connectivity index (χ1v) is 10.6. The Hall–Kier alpha value is -1.67. The maximum absolute atomic E-state index is 14.1. The van der Waals surface area contributed by atoms with Gasteiger partial charge in [-0.1, -0.05) is 23.7 Å². The Morgan fingerprint density at radius 1 is 1.22 bits per heavy atom. The molecule has 146 valence electrons. The summed E-state index contributed by atoms with van der Waals surface area (Å²) in [5.74, 6) is -0.155. The van der Waals surface area contributed by atoms with E-state index in [0.717, 1.165) is 37.6 Å². The molecular formula is C19H22ClFN2O3S. The van der Waals surface area contributed by atoms with Gasteiger partial charge in [-0.2, -0.15) is 0 Å². The number of nitrogens with one attached hydrogen (secondary N) is 1. The Labute approximate surface area is 164 Å². The highest BCUT2D eigenvalue weighted by Crippen LogP contribution is 2.28. The lowest BCUT2D eigenvalue weighted by Gasteiger charge is -2.28. The largest absolute Gasteiger partial charge is 0.497 e. The number of hydrogen-bond acceptors (Lipinski definition) is 4. The van der Waals surface area contributed by atoms with Gasteiger partial charge in [-0.25, -0.2) is 17.5 Å². The van der Waals surface area contributed by atoms with Crippen LogP contribution in [0.1, 0.15) is 24.4 Å². The molecule has 5 nitrogen and oxygen atoms in total. The van der Waals surface area contributed by atoms with Crippen molar-refractivity contribution in [3.05, 3.63) is 58.9 Å². The van der Waals surface area contributed by atoms with E-state index in [1.54, 1.807) is 7.11 Å². The van der Waals surface area contributed by atoms with Crippen LogP contribution in [0, 0.1) is 5.82 Å². The van der Waals surface area contributed by atoms with Crippen LogP contribution in [0.2, 0.25) is 5.02 Å². The van der Waals surface area contributed by atoms with E-state index in [1.807, 2.05) is 24.3 Å². The molecule has 1 N–H and O–H groups in total. The van der Waals surface area contributed by atoms with Gasteiger partial charge in [-0.05, 0) is 61.8 Å². The molecule has 0 bridgehead atoms. The van der Waals surface area contributed by atoms with Crippen molar-refractivity contribution in [1.29, 1.82) is 0 Å². The first kappa shape index (κ1) is 20.1. The van der Waals surface area contributed by atoms with Crippen molar-refractivity contribution in [2.75, 3.05) is 26.7 Å². The lowest BCUT2D eigenvalue weighted by molar-refractivity contribution is 0.246. The van der Waals surface area contributed by atoms with Crippen molar-refractivity contribution in [3.63, 3.8) is 0 Å². The Balaban J connectivity index is 1.83. The highest BCUT2D eigenvalue weighted by atomic mass is 35.5. The third-order valence-electron chi connectivity index (χ3n) is 4.71. The molecule has 3 rings (SSSR count). The number of ether oxygens (including phenoxy) is 1. The second kappa shape index (κ2) is 8.56. The van der Waals surface area contributed by atoms with Crippen molar-refractivity contribution < 1.29 is 17.5 Å². The van der Waals surface area contributed by atoms with Crippen LogP contribution in [0.3, 0.4) is 0 Å². The number of likely N-dealkylation sites (tertiary alicyclic amines) is 1. The number of rotatable bonds is 7. The molecule has 0 saturated carbocycles. The zero-order valence-electron chi connectivity index (χ0n) is 15.0. The minimum Gasteiger partial charge on any atom is -0.497 e. The van der Waals surface area contributed by atoms with Gasteiger partial charge in [0.15, 0.2) is 0 Å². The summed E-state index contributed by atoms with van der Waals surface area (Å²) < 4.78 is 47.1. The van der Waals surface area contributed by atoms with E-state index < -0.39 is 20.7 Å². The lowest BCUT2D eigenvalue weighted by Crippen LogP contribution is -2.37. The van der Waals surface area contributed by atoms with Gasteiger partial charge in [-0.15, -0.1) is 0 Å². The van der Waals surface area contributed by atoms with Gasteiger partial charge < -0.3 is 4.74 Å². The molecule has 0 amide bonds. The van der Waals surface area contributed by atoms with E-state index in [-0.39, 0.29) is 17.6 Å². The van der Waals surface area contributed by atoms with Gasteiger partial charge in [0, 0.05) is 17.6 Å². The van der Waals surface area contributed by atoms with E-state index in [9.17, 15) is 12.8 Å². The summed E-state index contributed by atoms with van der Waals surface area (Å²) in [5.41, 5.74) is 0.954. The Bertz CT molecular complexity index is 902. The molecule has 1 saturated heterocycles. The number of benzene rings is 2. The smallest absolute Gasteiger partial charge is 0.243 e. The third-order valence-corrected chi connectivity index (χ3v) is 6.40. The van der Waals surface area contributed by atoms with Crippen LogP contribution < -0.4 is 9.46 Å². The summed E-state index contributed by atoms with van der Waals surface area (Å²) in [6.45, 7) is 1.91. The summed E-state index contributed by atoms with van der Waals surface area (Å²) in [5, 5.41) is 0.151. The predicted molar refractivity (Wildman–Crippen MR) is 103 cm³/mol. The predicted octanol–water partition coefficient (Wildman–Crippen LogP) is 3.60. The fourth-order valence-electron chi connectivity index (χ4n) is 3.32. The minimum atomic E-state index is -4.00. The van der Waals surface area contributed by atoms with Crippen molar-refractivity contribution >= 4 is 21.6 Å². The van der Waals surface area contributed by atoms with Crippen LogP contribution in [-0.4, -0.2) is 40.1 Å². The average Bonchev–Trinajstić information content (AvgIpc) is 3.16. The molecule has 27 heavy (non-hydrogen) atoms. The number of halogens is 2. The van der Waals surface area contributed by atoms with Gasteiger partial charge in [0.25, 0.3) is 0 Å². The molecular weight excluding hydrogens is 391 g/mol. The lowest BCUT2D eigenvalue weighted by atomic mass is 10.1. The van der Waals surface area contributed by atoms with Gasteiger partial charge in [0.2, 0.25) is 10.0 Å². The number of sulfonamides is 1. The number of hydrogen-bond donors (Lipinski definition) is 1. The standard InChI is InChI=1S/C19H22ClFN2O3S/c1-26-16-6-4-5-14(11-16)18(23-9-2-3-10-23)13-22-27(24,25)19-8-7-15(20)12-17(19)21/h4-8,11-12,18,22H,2-3,9-10,13H2,1H3. The second-order valence-electron chi connectivity index (χ2n) is 6.46. The molecule has 0 aliphatic carbocycles. The summed E-state index contributed by atoms with van der Waals surface area (Å²) in [7, 11) is -2.40. The topological polar surface area (TPSA) is 58.6 Å². The molecule has 1 fully saturated rings. The Morgan fingerprint density at radius 3 is 2.63 bits per heavy atom. The molecule has 0 spiro atoms. The van der Waals surface area contributed by atoms with Gasteiger partial charge in [-0.3, -0.25) is 4.90 Å². The second-order valence-corrected chi connectivity index (χ2v) is 8.63. The molecule has 1 aliphatic rings. The van der Waals surface area contributed by atoms with Crippen LogP contribution in [0.15, 0.2) is 47.4 Å². The number of methoxy groups -OCH3 is 1. The molecule has 2 aromatic carbocycles. The molecule has 1 heterocycles. The van der Waals surface area contributed by atoms with Crippen LogP contribution in [0.5, 0.6) is 5.75 Å². The van der Waals surface area contributed by atoms with Crippen LogP contribution in [-0.2, 0) is 10.0 Å². The van der Waals surface area contributed by atoms with E-state index in [2.05, 4.69) is 9.62 Å². The summed E-state index contributed by atoms with van der Waals surface area (Å²) in [4.78, 5) is 1.83. The Morgan fingerprint density at radius 2 is 1.96 bits per heavy atom. The molecule has 1 unspecified atom stereocenters. The zero-order valence-corrected chi connectivity index (χ0v) is 16.6. The molecule has 1 aliphatic heterocycles. The Kier molecular flexibility index (Phi) is 6.37. The van der Waals surface area contributed by atoms with Gasteiger partial charge >= 0.3 is 0 Å². The average molecular weight is 413 g/mol. The minimum absolute atomic E-state index is 0.136. The van der Waals surface area contributed by atoms with E-state index >= 15 is 0 Å². The maximum atomic E-state index is 14.1. The van der Waals surface area contributed by atoms with Crippen LogP contribution in [0.25, 0.3) is 0 Å². The van der Waals surface area contributed by atoms with E-state index in [0.29, 0.717) is 5.75 Å². The zero-order chi connectivity index (χ0) is 19.4. The highest BCUT2D eigenvalue weighted by Gasteiger charge is 2.27. The van der Waals surface area contributed by atoms with Gasteiger partial charge in [0.1, 0.15) is 16.5 Å². The first-order valence-electron chi connectivity index (χ1n) is 8.73. The first-order chi connectivity index (χ1) is 12.9. The fourth-order valence-corrected chi connectivity index (χ4v) is 4.57. The van der Waals surface area contributed by atoms with Crippen molar-refractivity contribution in [3.8, 4) is 5.75 Å². The van der Waals surface area contributed by atoms with Crippen LogP contribution >= 0.6 is 11.6 Å². The maximum Gasteiger partial charge on any atom is 0.243 e. The summed E-state index contributed by atoms with van der Waals surface area (Å²) in [6, 6.07) is 10.9. The monoisotopic (exact) mass is 412 g/mol. The summed E-state index contributed by atoms with van der Waals surface area (Å²) in [6.07, 6.45) is 2.14. The normalized spacial score (nSPS) is 16.4. The molecule has 0 aromatic heterocycles. The molecule has 1 atom stereocenters. The van der Waals surface area contributed by atoms with Gasteiger partial charge in [0.05, 0.1) is 7.11 Å². The molecule has 0 radical (unpaired) electrons. The highest BCUT2D eigenvalue weighted by molar-refractivity contribution is 7.89. The van der Waals surface area contributed by atoms with Crippen molar-refractivity contribution in [2.45, 2.75) is 23.8 Å². The van der Waals surface area contributed by atoms with Crippen molar-refractivity contribution in [2.24, 2.45) is 0 Å². The third kappa shape index (κ3) is 4.79. The molecule has 8 heteroatoms. The SMILES string of the molecule is COc1cccc(C(CNS(=O)(=O)c2ccc(Cl)cc2F)N2CCCC2)c1. The van der Waals surface area contributed by atoms with Crippen molar-refractivity contribution in [1.82, 2.24) is 9.62 Å². The summed E-state index contributed by atoms with van der Waals surface area (Å²) >= 11 is 5.72. The van der Waals surface area contributed by atoms with Crippen LogP contribution in [0.4, 0.5) is 4.39 Å². The fraction of sp³-hybridized carbons (Fsp3) is 0.368. The number of nitrogens with zero attached hydrogens (tertiary/aromatic N) is 1. The van der Waals surface area contributed by atoms with E-state index in [1.165, 1.54) is 12.1 Å². The molecule has 2 aromatic rings. The quantitative estimate of drug-likeness (QED) is 0.754. The van der Waals surface area contributed by atoms with E-state index in [4.69, 9.17) is 16.3 Å².